The third kappa shape index (κ3) is 2.33. The Hall–Kier alpha value is -1.38. The van der Waals surface area contributed by atoms with Crippen LogP contribution in [0.15, 0.2) is 22.7 Å². The van der Waals surface area contributed by atoms with E-state index in [-0.39, 0.29) is 5.91 Å². The first-order valence-electron chi connectivity index (χ1n) is 5.32. The van der Waals surface area contributed by atoms with Crippen molar-refractivity contribution in [1.82, 2.24) is 0 Å². The van der Waals surface area contributed by atoms with Crippen LogP contribution in [0.2, 0.25) is 0 Å². The van der Waals surface area contributed by atoms with Crippen molar-refractivity contribution in [1.29, 1.82) is 5.26 Å². The van der Waals surface area contributed by atoms with Crippen LogP contribution in [0.25, 0.3) is 0 Å². The fraction of sp³-hybridized carbons (Fsp3) is 0.333. The fourth-order valence-electron chi connectivity index (χ4n) is 1.65. The van der Waals surface area contributed by atoms with Gasteiger partial charge in [-0.15, -0.1) is 0 Å². The summed E-state index contributed by atoms with van der Waals surface area (Å²) in [5.41, 5.74) is 6.17. The van der Waals surface area contributed by atoms with Gasteiger partial charge in [0.15, 0.2) is 0 Å². The Kier molecular flexibility index (Phi) is 3.18. The van der Waals surface area contributed by atoms with E-state index in [0.717, 1.165) is 17.3 Å². The zero-order valence-corrected chi connectivity index (χ0v) is 10.8. The van der Waals surface area contributed by atoms with Crippen molar-refractivity contribution in [3.63, 3.8) is 0 Å². The minimum absolute atomic E-state index is 0.0883. The van der Waals surface area contributed by atoms with Gasteiger partial charge in [-0.25, -0.2) is 0 Å². The van der Waals surface area contributed by atoms with Gasteiger partial charge in [-0.3, -0.25) is 4.79 Å². The zero-order chi connectivity index (χ0) is 12.5. The molecule has 17 heavy (non-hydrogen) atoms. The number of anilines is 1. The molecule has 0 aliphatic heterocycles. The SMILES string of the molecule is N#Cc1ccc(Br)cc1NC(=O)C1(CN)CC1. The first-order chi connectivity index (χ1) is 8.11. The van der Waals surface area contributed by atoms with Gasteiger partial charge in [0.05, 0.1) is 16.7 Å². The van der Waals surface area contributed by atoms with Crippen LogP contribution in [0.5, 0.6) is 0 Å². The molecule has 0 saturated heterocycles. The molecule has 4 nitrogen and oxygen atoms in total. The lowest BCUT2D eigenvalue weighted by atomic mass is 10.1. The van der Waals surface area contributed by atoms with Crippen LogP contribution >= 0.6 is 15.9 Å². The molecule has 1 fully saturated rings. The highest BCUT2D eigenvalue weighted by atomic mass is 79.9. The third-order valence-electron chi connectivity index (χ3n) is 3.08. The number of rotatable bonds is 3. The maximum Gasteiger partial charge on any atom is 0.231 e. The summed E-state index contributed by atoms with van der Waals surface area (Å²) < 4.78 is 0.824. The van der Waals surface area contributed by atoms with Gasteiger partial charge in [-0.2, -0.15) is 5.26 Å². The summed E-state index contributed by atoms with van der Waals surface area (Å²) in [6.45, 7) is 0.356. The Morgan fingerprint density at radius 2 is 2.29 bits per heavy atom. The Morgan fingerprint density at radius 3 is 2.82 bits per heavy atom. The molecule has 0 atom stereocenters. The van der Waals surface area contributed by atoms with E-state index in [1.54, 1.807) is 18.2 Å². The van der Waals surface area contributed by atoms with Crippen molar-refractivity contribution < 1.29 is 4.79 Å². The molecule has 0 radical (unpaired) electrons. The molecule has 1 aromatic carbocycles. The molecular formula is C12H12BrN3O. The molecule has 5 heteroatoms. The Balaban J connectivity index is 2.22. The number of carbonyl (C=O) groups excluding carboxylic acids is 1. The number of halogens is 1. The van der Waals surface area contributed by atoms with Crippen LogP contribution < -0.4 is 11.1 Å². The number of benzene rings is 1. The van der Waals surface area contributed by atoms with Gasteiger partial charge in [0, 0.05) is 11.0 Å². The summed E-state index contributed by atoms with van der Waals surface area (Å²) in [6, 6.07) is 7.21. The van der Waals surface area contributed by atoms with Crippen molar-refractivity contribution in [2.75, 3.05) is 11.9 Å². The topological polar surface area (TPSA) is 78.9 Å². The van der Waals surface area contributed by atoms with Gasteiger partial charge < -0.3 is 11.1 Å². The first kappa shape index (κ1) is 12.1. The Morgan fingerprint density at radius 1 is 1.59 bits per heavy atom. The van der Waals surface area contributed by atoms with E-state index in [0.29, 0.717) is 17.8 Å². The number of nitrogens with two attached hydrogens (primary N) is 1. The molecule has 0 heterocycles. The summed E-state index contributed by atoms with van der Waals surface area (Å²) in [7, 11) is 0. The number of nitrogens with one attached hydrogen (secondary N) is 1. The lowest BCUT2D eigenvalue weighted by Crippen LogP contribution is -2.31. The molecule has 0 unspecified atom stereocenters. The predicted octanol–water partition coefficient (Wildman–Crippen LogP) is 2.00. The maximum atomic E-state index is 12.0. The van der Waals surface area contributed by atoms with Crippen molar-refractivity contribution in [2.24, 2.45) is 11.1 Å². The molecule has 1 saturated carbocycles. The highest BCUT2D eigenvalue weighted by Crippen LogP contribution is 2.45. The zero-order valence-electron chi connectivity index (χ0n) is 9.16. The minimum atomic E-state index is -0.408. The summed E-state index contributed by atoms with van der Waals surface area (Å²) >= 11 is 3.31. The first-order valence-corrected chi connectivity index (χ1v) is 6.12. The second kappa shape index (κ2) is 4.47. The molecule has 88 valence electrons. The maximum absolute atomic E-state index is 12.0. The van der Waals surface area contributed by atoms with Crippen LogP contribution in [0.1, 0.15) is 18.4 Å². The van der Waals surface area contributed by atoms with Crippen LogP contribution in [0.4, 0.5) is 5.69 Å². The van der Waals surface area contributed by atoms with E-state index in [1.807, 2.05) is 0 Å². The fourth-order valence-corrected chi connectivity index (χ4v) is 2.01. The Labute approximate surface area is 108 Å². The van der Waals surface area contributed by atoms with Gasteiger partial charge in [0.1, 0.15) is 6.07 Å². The van der Waals surface area contributed by atoms with Crippen LogP contribution in [-0.4, -0.2) is 12.5 Å². The molecule has 1 amide bonds. The van der Waals surface area contributed by atoms with E-state index in [1.165, 1.54) is 0 Å². The van der Waals surface area contributed by atoms with Crippen LogP contribution in [0, 0.1) is 16.7 Å². The van der Waals surface area contributed by atoms with E-state index in [2.05, 4.69) is 27.3 Å². The quantitative estimate of drug-likeness (QED) is 0.895. The van der Waals surface area contributed by atoms with E-state index in [4.69, 9.17) is 11.0 Å². The van der Waals surface area contributed by atoms with Gasteiger partial charge in [0.25, 0.3) is 0 Å². The predicted molar refractivity (Wildman–Crippen MR) is 68.2 cm³/mol. The lowest BCUT2D eigenvalue weighted by molar-refractivity contribution is -0.120. The number of amides is 1. The largest absolute Gasteiger partial charge is 0.329 e. The standard InChI is InChI=1S/C12H12BrN3O/c13-9-2-1-8(6-14)10(5-9)16-11(17)12(7-15)3-4-12/h1-2,5H,3-4,7,15H2,(H,16,17). The van der Waals surface area contributed by atoms with Crippen LogP contribution in [0.3, 0.4) is 0 Å². The molecule has 0 aromatic heterocycles. The highest BCUT2D eigenvalue weighted by molar-refractivity contribution is 9.10. The van der Waals surface area contributed by atoms with E-state index < -0.39 is 5.41 Å². The smallest absolute Gasteiger partial charge is 0.231 e. The van der Waals surface area contributed by atoms with Crippen LogP contribution in [-0.2, 0) is 4.79 Å². The van der Waals surface area contributed by atoms with Gasteiger partial charge in [-0.05, 0) is 31.0 Å². The van der Waals surface area contributed by atoms with Gasteiger partial charge in [-0.1, -0.05) is 15.9 Å². The summed E-state index contributed by atoms with van der Waals surface area (Å²) in [5.74, 6) is -0.0883. The molecular weight excluding hydrogens is 282 g/mol. The molecule has 3 N–H and O–H groups in total. The number of hydrogen-bond donors (Lipinski definition) is 2. The van der Waals surface area contributed by atoms with Crippen molar-refractivity contribution in [3.05, 3.63) is 28.2 Å². The normalized spacial score (nSPS) is 16.1. The molecule has 1 aliphatic rings. The van der Waals surface area contributed by atoms with E-state index in [9.17, 15) is 4.79 Å². The third-order valence-corrected chi connectivity index (χ3v) is 3.57. The highest BCUT2D eigenvalue weighted by Gasteiger charge is 2.48. The number of nitriles is 1. The van der Waals surface area contributed by atoms with Crippen molar-refractivity contribution in [3.8, 4) is 6.07 Å². The summed E-state index contributed by atoms with van der Waals surface area (Å²) in [6.07, 6.45) is 1.65. The summed E-state index contributed by atoms with van der Waals surface area (Å²) in [4.78, 5) is 12.0. The summed E-state index contributed by atoms with van der Waals surface area (Å²) in [5, 5.41) is 11.7. The number of nitrogens with zero attached hydrogens (tertiary/aromatic N) is 1. The molecule has 1 aromatic rings. The number of hydrogen-bond acceptors (Lipinski definition) is 3. The number of carbonyl (C=O) groups is 1. The Bertz CT molecular complexity index is 503. The second-order valence-electron chi connectivity index (χ2n) is 4.24. The molecule has 2 rings (SSSR count). The van der Waals surface area contributed by atoms with Gasteiger partial charge >= 0.3 is 0 Å². The minimum Gasteiger partial charge on any atom is -0.329 e. The average molecular weight is 294 g/mol. The monoisotopic (exact) mass is 293 g/mol. The van der Waals surface area contributed by atoms with Gasteiger partial charge in [0.2, 0.25) is 5.91 Å². The molecule has 0 bridgehead atoms. The lowest BCUT2D eigenvalue weighted by Gasteiger charge is -2.13. The molecule has 1 aliphatic carbocycles. The second-order valence-corrected chi connectivity index (χ2v) is 5.16. The van der Waals surface area contributed by atoms with Crippen molar-refractivity contribution in [2.45, 2.75) is 12.8 Å². The van der Waals surface area contributed by atoms with E-state index >= 15 is 0 Å². The van der Waals surface area contributed by atoms with Crippen molar-refractivity contribution >= 4 is 27.5 Å². The molecule has 0 spiro atoms. The average Bonchev–Trinajstić information content (AvgIpc) is 3.10.